The Morgan fingerprint density at radius 3 is 2.68 bits per heavy atom. The molecule has 1 saturated carbocycles. The lowest BCUT2D eigenvalue weighted by atomic mass is 9.99. The van der Waals surface area contributed by atoms with E-state index in [9.17, 15) is 5.11 Å². The summed E-state index contributed by atoms with van der Waals surface area (Å²) in [7, 11) is 3.38. The molecule has 194 valence electrons. The van der Waals surface area contributed by atoms with E-state index >= 15 is 4.39 Å². The third-order valence-corrected chi connectivity index (χ3v) is 8.32. The first-order valence-electron chi connectivity index (χ1n) is 12.6. The minimum atomic E-state index is -0.410. The number of thiophene rings is 1. The number of hydrogen-bond acceptors (Lipinski definition) is 7. The second-order valence-corrected chi connectivity index (χ2v) is 10.6. The van der Waals surface area contributed by atoms with Crippen LogP contribution in [0.1, 0.15) is 19.3 Å². The highest BCUT2D eigenvalue weighted by Gasteiger charge is 2.28. The van der Waals surface area contributed by atoms with Crippen molar-refractivity contribution in [2.24, 2.45) is 13.0 Å². The number of aryl methyl sites for hydroxylation is 1. The molecule has 0 saturated heterocycles. The number of methoxy groups -OCH3 is 1. The van der Waals surface area contributed by atoms with Gasteiger partial charge in [-0.3, -0.25) is 0 Å². The molecule has 38 heavy (non-hydrogen) atoms. The van der Waals surface area contributed by atoms with Crippen molar-refractivity contribution >= 4 is 27.4 Å². The average molecular weight is 530 g/mol. The third-order valence-electron chi connectivity index (χ3n) is 7.20. The molecule has 3 heterocycles. The van der Waals surface area contributed by atoms with Crippen LogP contribution >= 0.6 is 11.3 Å². The molecular formula is C29H28FN5O2S. The van der Waals surface area contributed by atoms with Crippen LogP contribution < -0.4 is 10.1 Å². The summed E-state index contributed by atoms with van der Waals surface area (Å²) in [6.07, 6.45) is 6.35. The molecule has 0 radical (unpaired) electrons. The van der Waals surface area contributed by atoms with Gasteiger partial charge in [-0.25, -0.2) is 19.3 Å². The molecule has 6 rings (SSSR count). The zero-order valence-corrected chi connectivity index (χ0v) is 22.0. The molecule has 2 N–H and O–H groups in total. The number of benzene rings is 2. The predicted molar refractivity (Wildman–Crippen MR) is 149 cm³/mol. The number of nitrogens with one attached hydrogen (secondary N) is 1. The topological polar surface area (TPSA) is 85.1 Å². The lowest BCUT2D eigenvalue weighted by Gasteiger charge is -2.16. The van der Waals surface area contributed by atoms with Gasteiger partial charge >= 0.3 is 0 Å². The Hall–Kier alpha value is -3.82. The van der Waals surface area contributed by atoms with Gasteiger partial charge in [0.15, 0.2) is 23.2 Å². The number of rotatable bonds is 7. The number of aliphatic hydroxyl groups excluding tert-OH is 1. The van der Waals surface area contributed by atoms with Gasteiger partial charge in [-0.05, 0) is 36.8 Å². The zero-order chi connectivity index (χ0) is 26.2. The fraction of sp³-hybridized carbons (Fsp3) is 0.276. The van der Waals surface area contributed by atoms with Crippen LogP contribution in [0.2, 0.25) is 0 Å². The number of anilines is 1. The van der Waals surface area contributed by atoms with E-state index in [0.29, 0.717) is 23.0 Å². The van der Waals surface area contributed by atoms with Crippen molar-refractivity contribution in [2.75, 3.05) is 19.0 Å². The lowest BCUT2D eigenvalue weighted by Crippen LogP contribution is -2.18. The van der Waals surface area contributed by atoms with Gasteiger partial charge < -0.3 is 19.7 Å². The summed E-state index contributed by atoms with van der Waals surface area (Å²) < 4.78 is 22.8. The molecule has 5 aromatic rings. The summed E-state index contributed by atoms with van der Waals surface area (Å²) in [6, 6.07) is 15.3. The Labute approximate surface area is 224 Å². The maximum absolute atomic E-state index is 15.6. The molecule has 1 aliphatic rings. The second-order valence-electron chi connectivity index (χ2n) is 9.63. The average Bonchev–Trinajstić information content (AvgIpc) is 3.67. The minimum absolute atomic E-state index is 0.167. The minimum Gasteiger partial charge on any atom is -0.494 e. The maximum Gasteiger partial charge on any atom is 0.199 e. The SMILES string of the molecule is COc1cccc(-c2sc3nc(-c4nccn4C)nc(N[C@@H]4CC[C@H](CO)C4)c3c2-c2ccccc2)c1F. The summed E-state index contributed by atoms with van der Waals surface area (Å²) in [5, 5.41) is 14.2. The monoisotopic (exact) mass is 529 g/mol. The highest BCUT2D eigenvalue weighted by atomic mass is 32.1. The first-order chi connectivity index (χ1) is 18.6. The Morgan fingerprint density at radius 1 is 1.13 bits per heavy atom. The largest absolute Gasteiger partial charge is 0.494 e. The molecule has 0 bridgehead atoms. The standard InChI is InChI=1S/C29H28FN5O2S/c1-35-14-13-31-28(35)27-33-26(32-19-12-11-17(15-19)16-36)23-22(18-7-4-3-5-8-18)25(38-29(23)34-27)20-9-6-10-21(37-2)24(20)30/h3-10,13-14,17,19,36H,11-12,15-16H2,1-2H3,(H,32,33,34)/t17-,19+/m0/s1. The van der Waals surface area contributed by atoms with Crippen molar-refractivity contribution in [2.45, 2.75) is 25.3 Å². The number of halogens is 1. The highest BCUT2D eigenvalue weighted by molar-refractivity contribution is 7.22. The van der Waals surface area contributed by atoms with Gasteiger partial charge in [0.2, 0.25) is 0 Å². The molecular weight excluding hydrogens is 501 g/mol. The quantitative estimate of drug-likeness (QED) is 0.263. The van der Waals surface area contributed by atoms with Crippen LogP contribution in [-0.2, 0) is 7.05 Å². The fourth-order valence-corrected chi connectivity index (χ4v) is 6.48. The third kappa shape index (κ3) is 4.31. The van der Waals surface area contributed by atoms with Crippen molar-refractivity contribution in [1.29, 1.82) is 0 Å². The van der Waals surface area contributed by atoms with Crippen molar-refractivity contribution in [1.82, 2.24) is 19.5 Å². The van der Waals surface area contributed by atoms with Crippen molar-refractivity contribution < 1.29 is 14.2 Å². The number of nitrogens with zero attached hydrogens (tertiary/aromatic N) is 4. The van der Waals surface area contributed by atoms with E-state index in [1.54, 1.807) is 24.4 Å². The first-order valence-corrected chi connectivity index (χ1v) is 13.5. The number of aliphatic hydroxyl groups is 1. The van der Waals surface area contributed by atoms with Gasteiger partial charge in [-0.15, -0.1) is 11.3 Å². The van der Waals surface area contributed by atoms with Gasteiger partial charge in [0.05, 0.1) is 12.5 Å². The smallest absolute Gasteiger partial charge is 0.199 e. The van der Waals surface area contributed by atoms with Crippen LogP contribution in [0.25, 0.3) is 43.4 Å². The predicted octanol–water partition coefficient (Wildman–Crippen LogP) is 6.15. The van der Waals surface area contributed by atoms with Crippen LogP contribution in [0, 0.1) is 11.7 Å². The van der Waals surface area contributed by atoms with Crippen molar-refractivity contribution in [3.05, 3.63) is 66.7 Å². The fourth-order valence-electron chi connectivity index (χ4n) is 5.27. The molecule has 2 atom stereocenters. The van der Waals surface area contributed by atoms with Gasteiger partial charge in [0.1, 0.15) is 10.6 Å². The number of hydrogen-bond donors (Lipinski definition) is 2. The number of fused-ring (bicyclic) bond motifs is 1. The Morgan fingerprint density at radius 2 is 1.97 bits per heavy atom. The molecule has 2 aromatic carbocycles. The van der Waals surface area contributed by atoms with E-state index in [2.05, 4.69) is 10.3 Å². The molecule has 7 nitrogen and oxygen atoms in total. The molecule has 1 aliphatic carbocycles. The molecule has 9 heteroatoms. The van der Waals surface area contributed by atoms with Crippen LogP contribution in [0.3, 0.4) is 0 Å². The summed E-state index contributed by atoms with van der Waals surface area (Å²) in [4.78, 5) is 15.9. The summed E-state index contributed by atoms with van der Waals surface area (Å²) >= 11 is 1.44. The molecule has 0 amide bonds. The number of aromatic nitrogens is 4. The van der Waals surface area contributed by atoms with Crippen LogP contribution in [0.15, 0.2) is 60.9 Å². The van der Waals surface area contributed by atoms with E-state index in [1.165, 1.54) is 18.4 Å². The van der Waals surface area contributed by atoms with Gasteiger partial charge in [0, 0.05) is 48.1 Å². The lowest BCUT2D eigenvalue weighted by molar-refractivity contribution is 0.229. The Kier molecular flexibility index (Phi) is 6.55. The Bertz CT molecular complexity index is 1600. The van der Waals surface area contributed by atoms with E-state index < -0.39 is 5.82 Å². The second kappa shape index (κ2) is 10.2. The van der Waals surface area contributed by atoms with Gasteiger partial charge in [0.25, 0.3) is 0 Å². The Balaban J connectivity index is 1.63. The van der Waals surface area contributed by atoms with E-state index in [-0.39, 0.29) is 24.3 Å². The van der Waals surface area contributed by atoms with E-state index in [4.69, 9.17) is 14.7 Å². The summed E-state index contributed by atoms with van der Waals surface area (Å²) in [5.41, 5.74) is 2.28. The zero-order valence-electron chi connectivity index (χ0n) is 21.2. The van der Waals surface area contributed by atoms with E-state index in [1.807, 2.05) is 48.1 Å². The summed E-state index contributed by atoms with van der Waals surface area (Å²) in [6.45, 7) is 0.183. The van der Waals surface area contributed by atoms with Crippen LogP contribution in [0.5, 0.6) is 5.75 Å². The number of ether oxygens (including phenoxy) is 1. The van der Waals surface area contributed by atoms with Crippen molar-refractivity contribution in [3.8, 4) is 39.0 Å². The van der Waals surface area contributed by atoms with Crippen LogP contribution in [0.4, 0.5) is 10.2 Å². The first kappa shape index (κ1) is 24.5. The highest BCUT2D eigenvalue weighted by Crippen LogP contribution is 2.48. The maximum atomic E-state index is 15.6. The van der Waals surface area contributed by atoms with Gasteiger partial charge in [-0.1, -0.05) is 42.5 Å². The molecule has 0 spiro atoms. The molecule has 1 fully saturated rings. The van der Waals surface area contributed by atoms with Crippen LogP contribution in [-0.4, -0.2) is 44.4 Å². The summed E-state index contributed by atoms with van der Waals surface area (Å²) in [5.74, 6) is 1.91. The normalized spacial score (nSPS) is 17.3. The molecule has 0 aliphatic heterocycles. The molecule has 0 unspecified atom stereocenters. The van der Waals surface area contributed by atoms with Crippen molar-refractivity contribution in [3.63, 3.8) is 0 Å². The van der Waals surface area contributed by atoms with Gasteiger partial charge in [-0.2, -0.15) is 0 Å². The molecule has 3 aromatic heterocycles. The number of imidazole rings is 1. The van der Waals surface area contributed by atoms with E-state index in [0.717, 1.165) is 45.5 Å².